The Morgan fingerprint density at radius 2 is 1.76 bits per heavy atom. The second-order valence-corrected chi connectivity index (χ2v) is 9.16. The maximum Gasteiger partial charge on any atom is 0.410 e. The molecule has 1 amide bonds. The van der Waals surface area contributed by atoms with Crippen LogP contribution in [0.1, 0.15) is 53.0 Å². The molecular formula is C24H38N2O7. The van der Waals surface area contributed by atoms with Gasteiger partial charge in [0.1, 0.15) is 17.4 Å². The van der Waals surface area contributed by atoms with Crippen LogP contribution in [-0.2, 0) is 30.3 Å². The molecule has 0 aliphatic rings. The van der Waals surface area contributed by atoms with Gasteiger partial charge in [0.15, 0.2) is 0 Å². The number of carbonyl (C=O) groups excluding carboxylic acids is 3. The summed E-state index contributed by atoms with van der Waals surface area (Å²) in [7, 11) is 4.12. The van der Waals surface area contributed by atoms with Crippen LogP contribution in [0.2, 0.25) is 0 Å². The normalized spacial score (nSPS) is 12.0. The Bertz CT molecular complexity index is 802. The van der Waals surface area contributed by atoms with E-state index in [0.717, 1.165) is 6.42 Å². The predicted molar refractivity (Wildman–Crippen MR) is 125 cm³/mol. The molecule has 0 aliphatic heterocycles. The van der Waals surface area contributed by atoms with Crippen LogP contribution in [-0.4, -0.2) is 62.4 Å². The van der Waals surface area contributed by atoms with Crippen molar-refractivity contribution in [3.05, 3.63) is 23.8 Å². The van der Waals surface area contributed by atoms with Gasteiger partial charge in [-0.05, 0) is 44.7 Å². The first kappa shape index (κ1) is 28.1. The summed E-state index contributed by atoms with van der Waals surface area (Å²) in [5.41, 5.74) is 0.546. The first-order chi connectivity index (χ1) is 15.4. The number of rotatable bonds is 11. The average molecular weight is 467 g/mol. The van der Waals surface area contributed by atoms with Gasteiger partial charge in [-0.3, -0.25) is 4.79 Å². The average Bonchev–Trinajstić information content (AvgIpc) is 2.72. The van der Waals surface area contributed by atoms with Crippen molar-refractivity contribution in [2.24, 2.45) is 5.92 Å². The van der Waals surface area contributed by atoms with E-state index < -0.39 is 29.7 Å². The van der Waals surface area contributed by atoms with E-state index in [9.17, 15) is 14.4 Å². The molecule has 0 saturated heterocycles. The van der Waals surface area contributed by atoms with E-state index in [1.54, 1.807) is 33.9 Å². The SMILES string of the molecule is COC(=O)CC(Nc1c(CN(C)C(=O)OC(C)(C)C)cccc1OCCC(C)C)C(=O)OC. The highest BCUT2D eigenvalue weighted by atomic mass is 16.6. The van der Waals surface area contributed by atoms with Gasteiger partial charge in [-0.25, -0.2) is 9.59 Å². The largest absolute Gasteiger partial charge is 0.491 e. The Morgan fingerprint density at radius 3 is 2.30 bits per heavy atom. The molecule has 33 heavy (non-hydrogen) atoms. The van der Waals surface area contributed by atoms with Crippen molar-refractivity contribution in [2.45, 2.75) is 65.6 Å². The van der Waals surface area contributed by atoms with E-state index in [4.69, 9.17) is 18.9 Å². The molecule has 0 fully saturated rings. The van der Waals surface area contributed by atoms with Crippen molar-refractivity contribution in [3.63, 3.8) is 0 Å². The van der Waals surface area contributed by atoms with E-state index >= 15 is 0 Å². The van der Waals surface area contributed by atoms with Gasteiger partial charge in [0.2, 0.25) is 0 Å². The lowest BCUT2D eigenvalue weighted by Gasteiger charge is -2.27. The van der Waals surface area contributed by atoms with Crippen LogP contribution in [0.4, 0.5) is 10.5 Å². The van der Waals surface area contributed by atoms with Crippen LogP contribution in [0, 0.1) is 5.92 Å². The maximum atomic E-state index is 12.5. The molecular weight excluding hydrogens is 428 g/mol. The highest BCUT2D eigenvalue weighted by molar-refractivity contribution is 5.86. The third kappa shape index (κ3) is 10.0. The van der Waals surface area contributed by atoms with Gasteiger partial charge >= 0.3 is 18.0 Å². The Hall–Kier alpha value is -2.97. The van der Waals surface area contributed by atoms with Crippen molar-refractivity contribution in [1.82, 2.24) is 4.90 Å². The first-order valence-corrected chi connectivity index (χ1v) is 11.0. The van der Waals surface area contributed by atoms with Crippen molar-refractivity contribution in [3.8, 4) is 5.75 Å². The number of hydrogen-bond acceptors (Lipinski definition) is 8. The molecule has 0 spiro atoms. The van der Waals surface area contributed by atoms with E-state index in [-0.39, 0.29) is 13.0 Å². The molecule has 1 aromatic rings. The Labute approximate surface area is 196 Å². The van der Waals surface area contributed by atoms with Gasteiger partial charge in [0.05, 0.1) is 39.5 Å². The maximum absolute atomic E-state index is 12.5. The number of benzene rings is 1. The monoisotopic (exact) mass is 466 g/mol. The second-order valence-electron chi connectivity index (χ2n) is 9.16. The standard InChI is InChI=1S/C24H38N2O7/c1-16(2)12-13-32-19-11-9-10-17(15-26(6)23(29)33-24(3,4)5)21(19)25-18(22(28)31-8)14-20(27)30-7/h9-11,16,18,25H,12-15H2,1-8H3. The molecule has 9 nitrogen and oxygen atoms in total. The fraction of sp³-hybridized carbons (Fsp3) is 0.625. The Morgan fingerprint density at radius 1 is 1.09 bits per heavy atom. The topological polar surface area (TPSA) is 103 Å². The number of carbonyl (C=O) groups is 3. The summed E-state index contributed by atoms with van der Waals surface area (Å²) in [6.07, 6.45) is 0.119. The van der Waals surface area contributed by atoms with Crippen molar-refractivity contribution in [2.75, 3.05) is 33.2 Å². The van der Waals surface area contributed by atoms with Crippen LogP contribution < -0.4 is 10.1 Å². The quantitative estimate of drug-likeness (QED) is 0.386. The molecule has 1 unspecified atom stereocenters. The highest BCUT2D eigenvalue weighted by Gasteiger charge is 2.27. The Kier molecular flexibility index (Phi) is 11.0. The fourth-order valence-electron chi connectivity index (χ4n) is 2.82. The van der Waals surface area contributed by atoms with E-state index in [0.29, 0.717) is 29.5 Å². The van der Waals surface area contributed by atoms with E-state index in [1.165, 1.54) is 19.1 Å². The molecule has 0 aliphatic carbocycles. The molecule has 186 valence electrons. The molecule has 0 radical (unpaired) electrons. The Balaban J connectivity index is 3.27. The van der Waals surface area contributed by atoms with Crippen LogP contribution in [0.3, 0.4) is 0 Å². The third-order valence-electron chi connectivity index (χ3n) is 4.58. The molecule has 9 heteroatoms. The highest BCUT2D eigenvalue weighted by Crippen LogP contribution is 2.31. The summed E-state index contributed by atoms with van der Waals surface area (Å²) in [5, 5.41) is 3.08. The van der Waals surface area contributed by atoms with E-state index in [2.05, 4.69) is 19.2 Å². The van der Waals surface area contributed by atoms with Crippen LogP contribution in [0.25, 0.3) is 0 Å². The summed E-state index contributed by atoms with van der Waals surface area (Å²) in [5.74, 6) is -0.234. The predicted octanol–water partition coefficient (Wildman–Crippen LogP) is 4.00. The van der Waals surface area contributed by atoms with Gasteiger partial charge < -0.3 is 29.2 Å². The fourth-order valence-corrected chi connectivity index (χ4v) is 2.82. The minimum Gasteiger partial charge on any atom is -0.491 e. The summed E-state index contributed by atoms with van der Waals surface area (Å²) in [6.45, 7) is 10.2. The van der Waals surface area contributed by atoms with Gasteiger partial charge in [-0.2, -0.15) is 0 Å². The lowest BCUT2D eigenvalue weighted by Crippen LogP contribution is -2.35. The molecule has 1 N–H and O–H groups in total. The molecule has 0 bridgehead atoms. The number of ether oxygens (including phenoxy) is 4. The summed E-state index contributed by atoms with van der Waals surface area (Å²) in [4.78, 5) is 38.2. The van der Waals surface area contributed by atoms with Crippen molar-refractivity contribution < 1.29 is 33.3 Å². The lowest BCUT2D eigenvalue weighted by molar-refractivity contribution is -0.148. The third-order valence-corrected chi connectivity index (χ3v) is 4.58. The first-order valence-electron chi connectivity index (χ1n) is 11.0. The van der Waals surface area contributed by atoms with Gasteiger partial charge in [0, 0.05) is 7.05 Å². The van der Waals surface area contributed by atoms with E-state index in [1.807, 2.05) is 12.1 Å². The molecule has 1 atom stereocenters. The molecule has 1 rings (SSSR count). The molecule has 0 heterocycles. The van der Waals surface area contributed by atoms with Gasteiger partial charge in [0.25, 0.3) is 0 Å². The van der Waals surface area contributed by atoms with Crippen LogP contribution in [0.5, 0.6) is 5.75 Å². The number of methoxy groups -OCH3 is 2. The minimum atomic E-state index is -0.997. The summed E-state index contributed by atoms with van der Waals surface area (Å²) < 4.78 is 21.0. The van der Waals surface area contributed by atoms with Crippen molar-refractivity contribution in [1.29, 1.82) is 0 Å². The summed E-state index contributed by atoms with van der Waals surface area (Å²) in [6, 6.07) is 4.39. The number of amides is 1. The number of esters is 2. The number of para-hydroxylation sites is 1. The minimum absolute atomic E-state index is 0.185. The van der Waals surface area contributed by atoms with Crippen LogP contribution in [0.15, 0.2) is 18.2 Å². The number of anilines is 1. The number of nitrogens with zero attached hydrogens (tertiary/aromatic N) is 1. The molecule has 0 aromatic heterocycles. The number of hydrogen-bond donors (Lipinski definition) is 1. The van der Waals surface area contributed by atoms with Gasteiger partial charge in [-0.1, -0.05) is 26.0 Å². The number of nitrogens with one attached hydrogen (secondary N) is 1. The van der Waals surface area contributed by atoms with Gasteiger partial charge in [-0.15, -0.1) is 0 Å². The lowest BCUT2D eigenvalue weighted by atomic mass is 10.1. The molecule has 1 aromatic carbocycles. The smallest absolute Gasteiger partial charge is 0.410 e. The second kappa shape index (κ2) is 12.9. The zero-order chi connectivity index (χ0) is 25.2. The van der Waals surface area contributed by atoms with Crippen molar-refractivity contribution >= 4 is 23.7 Å². The zero-order valence-electron chi connectivity index (χ0n) is 21.0. The van der Waals surface area contributed by atoms with Crippen LogP contribution >= 0.6 is 0 Å². The summed E-state index contributed by atoms with van der Waals surface area (Å²) >= 11 is 0. The molecule has 0 saturated carbocycles. The zero-order valence-corrected chi connectivity index (χ0v) is 21.0.